The van der Waals surface area contributed by atoms with Gasteiger partial charge in [-0.25, -0.2) is 0 Å². The number of fused-ring (bicyclic) bond motifs is 7. The Morgan fingerprint density at radius 2 is 1.15 bits per heavy atom. The molecule has 1 aromatic heterocycles. The van der Waals surface area contributed by atoms with E-state index >= 15 is 0 Å². The Balaban J connectivity index is 1.09. The van der Waals surface area contributed by atoms with Gasteiger partial charge < -0.3 is 9.47 Å². The first-order valence-corrected chi connectivity index (χ1v) is 18.8. The summed E-state index contributed by atoms with van der Waals surface area (Å²) in [7, 11) is 0. The number of rotatable bonds is 4. The van der Waals surface area contributed by atoms with E-state index in [-0.39, 0.29) is 5.41 Å². The molecule has 0 unspecified atom stereocenters. The largest absolute Gasteiger partial charge is 0.337 e. The topological polar surface area (TPSA) is 8.17 Å². The summed E-state index contributed by atoms with van der Waals surface area (Å²) < 4.78 is 2.39. The summed E-state index contributed by atoms with van der Waals surface area (Å²) in [5, 5.41) is 2.49. The van der Waals surface area contributed by atoms with Crippen molar-refractivity contribution in [2.24, 2.45) is 0 Å². The van der Waals surface area contributed by atoms with Gasteiger partial charge in [-0.2, -0.15) is 0 Å². The molecular weight excluding hydrogens is 653 g/mol. The smallest absolute Gasteiger partial charge is 0.0541 e. The lowest BCUT2D eigenvalue weighted by Gasteiger charge is -2.29. The maximum Gasteiger partial charge on any atom is 0.0541 e. The molecule has 0 atom stereocenters. The van der Waals surface area contributed by atoms with Crippen molar-refractivity contribution in [2.45, 2.75) is 19.3 Å². The fourth-order valence-corrected chi connectivity index (χ4v) is 8.78. The van der Waals surface area contributed by atoms with Crippen molar-refractivity contribution in [3.05, 3.63) is 205 Å². The van der Waals surface area contributed by atoms with Crippen LogP contribution in [-0.4, -0.2) is 11.1 Å². The van der Waals surface area contributed by atoms with E-state index < -0.39 is 0 Å². The van der Waals surface area contributed by atoms with Crippen LogP contribution in [0.1, 0.15) is 30.5 Å². The first-order valence-electron chi connectivity index (χ1n) is 18.8. The van der Waals surface area contributed by atoms with Crippen molar-refractivity contribution >= 4 is 38.8 Å². The first kappa shape index (κ1) is 32.0. The maximum absolute atomic E-state index is 4.52. The normalized spacial score (nSPS) is 15.6. The fourth-order valence-electron chi connectivity index (χ4n) is 8.78. The molecule has 0 fully saturated rings. The number of allylic oxidation sites excluding steroid dienone is 4. The SMILES string of the molecule is C=C1/C=C\C=C/CN(c2ccc3c(c2)C(C)(C)c2ccccc2-3)c2cc(-c3ccc4c(c3)c3ccccc3n4-c3ccc(-c4ccccc4)cc3)ccc21. The van der Waals surface area contributed by atoms with Crippen LogP contribution in [0.3, 0.4) is 0 Å². The summed E-state index contributed by atoms with van der Waals surface area (Å²) in [6, 6.07) is 58.0. The summed E-state index contributed by atoms with van der Waals surface area (Å²) in [6.45, 7) is 9.97. The highest BCUT2D eigenvalue weighted by molar-refractivity contribution is 6.10. The second-order valence-corrected chi connectivity index (χ2v) is 15.1. The van der Waals surface area contributed by atoms with Gasteiger partial charge in [0.05, 0.1) is 11.0 Å². The average Bonchev–Trinajstić information content (AvgIpc) is 3.69. The molecule has 1 aliphatic heterocycles. The van der Waals surface area contributed by atoms with E-state index in [1.165, 1.54) is 72.0 Å². The zero-order chi connectivity index (χ0) is 36.4. The van der Waals surface area contributed by atoms with Crippen LogP contribution in [0.15, 0.2) is 189 Å². The quantitative estimate of drug-likeness (QED) is 0.178. The number of hydrogen-bond donors (Lipinski definition) is 0. The Morgan fingerprint density at radius 1 is 0.500 bits per heavy atom. The highest BCUT2D eigenvalue weighted by Gasteiger charge is 2.35. The van der Waals surface area contributed by atoms with Gasteiger partial charge in [0, 0.05) is 45.4 Å². The van der Waals surface area contributed by atoms with Crippen LogP contribution in [-0.2, 0) is 5.41 Å². The number of benzene rings is 7. The van der Waals surface area contributed by atoms with Crippen molar-refractivity contribution in [2.75, 3.05) is 11.4 Å². The van der Waals surface area contributed by atoms with Crippen LogP contribution in [0, 0.1) is 0 Å². The number of aromatic nitrogens is 1. The Morgan fingerprint density at radius 3 is 2.02 bits per heavy atom. The molecule has 1 aliphatic carbocycles. The van der Waals surface area contributed by atoms with Gasteiger partial charge in [0.25, 0.3) is 0 Å². The van der Waals surface area contributed by atoms with Crippen molar-refractivity contribution in [3.63, 3.8) is 0 Å². The molecule has 2 nitrogen and oxygen atoms in total. The van der Waals surface area contributed by atoms with Crippen LogP contribution in [0.4, 0.5) is 11.4 Å². The highest BCUT2D eigenvalue weighted by Crippen LogP contribution is 2.50. The summed E-state index contributed by atoms with van der Waals surface area (Å²) in [6.07, 6.45) is 8.60. The van der Waals surface area contributed by atoms with Crippen LogP contribution in [0.5, 0.6) is 0 Å². The zero-order valence-electron chi connectivity index (χ0n) is 30.6. The van der Waals surface area contributed by atoms with E-state index in [1.54, 1.807) is 0 Å². The third-order valence-corrected chi connectivity index (χ3v) is 11.6. The number of hydrogen-bond acceptors (Lipinski definition) is 1. The van der Waals surface area contributed by atoms with Gasteiger partial charge in [0.1, 0.15) is 0 Å². The van der Waals surface area contributed by atoms with E-state index in [0.29, 0.717) is 0 Å². The van der Waals surface area contributed by atoms with E-state index in [9.17, 15) is 0 Å². The third kappa shape index (κ3) is 5.09. The molecule has 258 valence electrons. The van der Waals surface area contributed by atoms with Gasteiger partial charge in [-0.3, -0.25) is 0 Å². The molecule has 8 aromatic rings. The predicted molar refractivity (Wildman–Crippen MR) is 230 cm³/mol. The molecule has 0 saturated carbocycles. The van der Waals surface area contributed by atoms with Gasteiger partial charge in [0.15, 0.2) is 0 Å². The third-order valence-electron chi connectivity index (χ3n) is 11.6. The van der Waals surface area contributed by atoms with Crippen molar-refractivity contribution in [1.82, 2.24) is 4.57 Å². The monoisotopic (exact) mass is 692 g/mol. The van der Waals surface area contributed by atoms with E-state index in [0.717, 1.165) is 29.1 Å². The first-order chi connectivity index (χ1) is 26.5. The molecule has 0 N–H and O–H groups in total. The molecule has 7 aromatic carbocycles. The van der Waals surface area contributed by atoms with Crippen LogP contribution in [0.25, 0.3) is 66.4 Å². The minimum atomic E-state index is -0.0776. The minimum Gasteiger partial charge on any atom is -0.337 e. The average molecular weight is 693 g/mol. The van der Waals surface area contributed by atoms with E-state index in [4.69, 9.17) is 0 Å². The molecule has 0 amide bonds. The molecule has 2 aliphatic rings. The van der Waals surface area contributed by atoms with E-state index in [2.05, 4.69) is 212 Å². The van der Waals surface area contributed by atoms with E-state index in [1.807, 2.05) is 0 Å². The van der Waals surface area contributed by atoms with Crippen molar-refractivity contribution < 1.29 is 0 Å². The predicted octanol–water partition coefficient (Wildman–Crippen LogP) is 13.7. The lowest BCUT2D eigenvalue weighted by Crippen LogP contribution is -2.20. The second kappa shape index (κ2) is 12.5. The van der Waals surface area contributed by atoms with Gasteiger partial charge in [-0.05, 0) is 98.6 Å². The Kier molecular flexibility index (Phi) is 7.42. The fraction of sp³-hybridized carbons (Fsp3) is 0.0769. The molecule has 0 saturated heterocycles. The summed E-state index contributed by atoms with van der Waals surface area (Å²) in [5.74, 6) is 0. The summed E-state index contributed by atoms with van der Waals surface area (Å²) in [4.78, 5) is 2.45. The molecule has 2 heteroatoms. The van der Waals surface area contributed by atoms with Crippen LogP contribution >= 0.6 is 0 Å². The molecule has 2 heterocycles. The number of nitrogens with zero attached hydrogens (tertiary/aromatic N) is 2. The molecule has 0 radical (unpaired) electrons. The minimum absolute atomic E-state index is 0.0776. The van der Waals surface area contributed by atoms with Gasteiger partial charge in [-0.1, -0.05) is 154 Å². The van der Waals surface area contributed by atoms with Gasteiger partial charge in [0.2, 0.25) is 0 Å². The van der Waals surface area contributed by atoms with Crippen molar-refractivity contribution in [3.8, 4) is 39.1 Å². The molecule has 54 heavy (non-hydrogen) atoms. The standard InChI is InChI=1S/C52H40N2/c1-35-14-6-5-13-31-53(41-27-29-44-43-17-9-11-19-47(43)52(2,3)48(44)34-41)51-33-39(23-28-42(35)51)38-24-30-50-46(32-38)45-18-10-12-20-49(45)54(50)40-25-21-37(22-26-40)36-15-7-4-8-16-36/h4-30,32-34H,1,31H2,2-3H3/b13-5-,14-6-. The molecule has 10 rings (SSSR count). The van der Waals surface area contributed by atoms with Crippen LogP contribution in [0.2, 0.25) is 0 Å². The molecular formula is C52H40N2. The highest BCUT2D eigenvalue weighted by atomic mass is 15.1. The second-order valence-electron chi connectivity index (χ2n) is 15.1. The Bertz CT molecular complexity index is 2830. The zero-order valence-corrected chi connectivity index (χ0v) is 30.6. The summed E-state index contributed by atoms with van der Waals surface area (Å²) in [5.41, 5.74) is 18.2. The van der Waals surface area contributed by atoms with Crippen molar-refractivity contribution in [1.29, 1.82) is 0 Å². The lowest BCUT2D eigenvalue weighted by molar-refractivity contribution is 0.660. The lowest BCUT2D eigenvalue weighted by atomic mass is 9.82. The maximum atomic E-state index is 4.52. The number of para-hydroxylation sites is 1. The van der Waals surface area contributed by atoms with Gasteiger partial charge >= 0.3 is 0 Å². The Labute approximate surface area is 317 Å². The number of anilines is 2. The molecule has 0 bridgehead atoms. The molecule has 0 spiro atoms. The Hall–Kier alpha value is -6.64. The van der Waals surface area contributed by atoms with Crippen LogP contribution < -0.4 is 4.90 Å². The summed E-state index contributed by atoms with van der Waals surface area (Å²) >= 11 is 0. The van der Waals surface area contributed by atoms with Gasteiger partial charge in [-0.15, -0.1) is 0 Å².